The zero-order valence-electron chi connectivity index (χ0n) is 11.4. The third-order valence-electron chi connectivity index (χ3n) is 4.00. The molecule has 1 saturated heterocycles. The molecule has 0 saturated carbocycles. The number of hydrogen-bond donors (Lipinski definition) is 0. The third kappa shape index (κ3) is 3.42. The number of likely N-dealkylation sites (tertiary alicyclic amines) is 1. The van der Waals surface area contributed by atoms with E-state index in [0.29, 0.717) is 12.5 Å². The van der Waals surface area contributed by atoms with Gasteiger partial charge >= 0.3 is 0 Å². The van der Waals surface area contributed by atoms with Crippen LogP contribution in [0.15, 0.2) is 30.3 Å². The Kier molecular flexibility index (Phi) is 4.54. The molecule has 1 aliphatic rings. The number of Topliss-reactive ketones (excluding diaryl/α,β-unsaturated/α-hetero) is 1. The fraction of sp³-hybridized carbons (Fsp3) is 0.562. The van der Waals surface area contributed by atoms with Crippen LogP contribution in [0.3, 0.4) is 0 Å². The van der Waals surface area contributed by atoms with Gasteiger partial charge in [-0.15, -0.1) is 0 Å². The van der Waals surface area contributed by atoms with E-state index in [9.17, 15) is 4.79 Å². The number of piperidine rings is 1. The van der Waals surface area contributed by atoms with E-state index in [1.54, 1.807) is 0 Å². The summed E-state index contributed by atoms with van der Waals surface area (Å²) < 4.78 is 0. The van der Waals surface area contributed by atoms with Crippen LogP contribution < -0.4 is 0 Å². The van der Waals surface area contributed by atoms with Crippen LogP contribution in [0.5, 0.6) is 0 Å². The summed E-state index contributed by atoms with van der Waals surface area (Å²) in [5, 5.41) is 0. The van der Waals surface area contributed by atoms with Crippen molar-refractivity contribution >= 4 is 5.78 Å². The van der Waals surface area contributed by atoms with Crippen LogP contribution in [-0.2, 0) is 0 Å². The Morgan fingerprint density at radius 2 is 2.00 bits per heavy atom. The standard InChI is InChI=1S/C16H23NO/c1-13-8-10-17(14(2)12-13)11-9-16(18)15-6-4-3-5-7-15/h3-7,13-14H,8-12H2,1-2H3. The maximum atomic E-state index is 12.0. The van der Waals surface area contributed by atoms with Gasteiger partial charge < -0.3 is 4.90 Å². The van der Waals surface area contributed by atoms with Crippen molar-refractivity contribution in [1.29, 1.82) is 0 Å². The first-order chi connectivity index (χ1) is 8.66. The molecule has 0 radical (unpaired) electrons. The lowest BCUT2D eigenvalue weighted by Gasteiger charge is -2.36. The molecule has 2 nitrogen and oxygen atoms in total. The van der Waals surface area contributed by atoms with Gasteiger partial charge in [0.15, 0.2) is 5.78 Å². The lowest BCUT2D eigenvalue weighted by molar-refractivity contribution is 0.0910. The van der Waals surface area contributed by atoms with E-state index in [0.717, 1.165) is 24.6 Å². The molecule has 1 aliphatic heterocycles. The number of hydrogen-bond acceptors (Lipinski definition) is 2. The average Bonchev–Trinajstić information content (AvgIpc) is 2.38. The monoisotopic (exact) mass is 245 g/mol. The van der Waals surface area contributed by atoms with Crippen LogP contribution in [0.1, 0.15) is 43.5 Å². The van der Waals surface area contributed by atoms with Gasteiger partial charge in [-0.05, 0) is 32.2 Å². The molecule has 1 fully saturated rings. The van der Waals surface area contributed by atoms with Gasteiger partial charge in [0, 0.05) is 24.6 Å². The summed E-state index contributed by atoms with van der Waals surface area (Å²) >= 11 is 0. The van der Waals surface area contributed by atoms with Crippen LogP contribution in [-0.4, -0.2) is 29.8 Å². The number of carbonyl (C=O) groups excluding carboxylic acids is 1. The quantitative estimate of drug-likeness (QED) is 0.758. The summed E-state index contributed by atoms with van der Waals surface area (Å²) in [6.07, 6.45) is 3.17. The van der Waals surface area contributed by atoms with Crippen molar-refractivity contribution in [2.75, 3.05) is 13.1 Å². The van der Waals surface area contributed by atoms with E-state index >= 15 is 0 Å². The Bertz CT molecular complexity index is 387. The van der Waals surface area contributed by atoms with Crippen molar-refractivity contribution < 1.29 is 4.79 Å². The molecule has 0 N–H and O–H groups in total. The Balaban J connectivity index is 1.83. The van der Waals surface area contributed by atoms with Crippen molar-refractivity contribution in [2.45, 2.75) is 39.2 Å². The fourth-order valence-corrected chi connectivity index (χ4v) is 2.80. The topological polar surface area (TPSA) is 20.3 Å². The van der Waals surface area contributed by atoms with Crippen molar-refractivity contribution in [1.82, 2.24) is 4.90 Å². The van der Waals surface area contributed by atoms with Gasteiger partial charge in [0.25, 0.3) is 0 Å². The molecular weight excluding hydrogens is 222 g/mol. The minimum Gasteiger partial charge on any atom is -0.300 e. The summed E-state index contributed by atoms with van der Waals surface area (Å²) in [5.74, 6) is 1.10. The number of benzene rings is 1. The first kappa shape index (κ1) is 13.3. The predicted octanol–water partition coefficient (Wildman–Crippen LogP) is 3.38. The second-order valence-corrected chi connectivity index (χ2v) is 5.55. The summed E-state index contributed by atoms with van der Waals surface area (Å²) in [4.78, 5) is 14.5. The second-order valence-electron chi connectivity index (χ2n) is 5.55. The van der Waals surface area contributed by atoms with Gasteiger partial charge in [-0.25, -0.2) is 0 Å². The molecule has 98 valence electrons. The average molecular weight is 245 g/mol. The van der Waals surface area contributed by atoms with Gasteiger partial charge in [0.05, 0.1) is 0 Å². The molecule has 2 rings (SSSR count). The van der Waals surface area contributed by atoms with E-state index in [-0.39, 0.29) is 5.78 Å². The molecule has 2 heteroatoms. The zero-order chi connectivity index (χ0) is 13.0. The molecule has 1 aromatic rings. The largest absolute Gasteiger partial charge is 0.300 e. The van der Waals surface area contributed by atoms with Crippen molar-refractivity contribution in [3.8, 4) is 0 Å². The zero-order valence-corrected chi connectivity index (χ0v) is 11.4. The smallest absolute Gasteiger partial charge is 0.164 e. The predicted molar refractivity (Wildman–Crippen MR) is 74.8 cm³/mol. The van der Waals surface area contributed by atoms with E-state index < -0.39 is 0 Å². The summed E-state index contributed by atoms with van der Waals surface area (Å²) in [6.45, 7) is 6.65. The molecule has 0 spiro atoms. The highest BCUT2D eigenvalue weighted by Crippen LogP contribution is 2.22. The number of rotatable bonds is 4. The molecule has 18 heavy (non-hydrogen) atoms. The summed E-state index contributed by atoms with van der Waals surface area (Å²) in [7, 11) is 0. The maximum Gasteiger partial charge on any atom is 0.164 e. The first-order valence-electron chi connectivity index (χ1n) is 6.99. The third-order valence-corrected chi connectivity index (χ3v) is 4.00. The molecule has 0 bridgehead atoms. The fourth-order valence-electron chi connectivity index (χ4n) is 2.80. The molecule has 2 atom stereocenters. The molecule has 2 unspecified atom stereocenters. The van der Waals surface area contributed by atoms with Gasteiger partial charge in [-0.3, -0.25) is 4.79 Å². The second kappa shape index (κ2) is 6.14. The van der Waals surface area contributed by atoms with Crippen LogP contribution in [0.25, 0.3) is 0 Å². The molecule has 0 amide bonds. The highest BCUT2D eigenvalue weighted by Gasteiger charge is 2.22. The van der Waals surface area contributed by atoms with Gasteiger partial charge in [-0.2, -0.15) is 0 Å². The van der Waals surface area contributed by atoms with E-state index in [1.807, 2.05) is 30.3 Å². The highest BCUT2D eigenvalue weighted by atomic mass is 16.1. The van der Waals surface area contributed by atoms with Crippen molar-refractivity contribution in [3.63, 3.8) is 0 Å². The van der Waals surface area contributed by atoms with Crippen molar-refractivity contribution in [3.05, 3.63) is 35.9 Å². The Hall–Kier alpha value is -1.15. The molecule has 0 aliphatic carbocycles. The van der Waals surface area contributed by atoms with E-state index in [4.69, 9.17) is 0 Å². The summed E-state index contributed by atoms with van der Waals surface area (Å²) in [5.41, 5.74) is 0.843. The SMILES string of the molecule is CC1CCN(CCC(=O)c2ccccc2)C(C)C1. The maximum absolute atomic E-state index is 12.0. The van der Waals surface area contributed by atoms with Gasteiger partial charge in [0.1, 0.15) is 0 Å². The lowest BCUT2D eigenvalue weighted by Crippen LogP contribution is -2.41. The van der Waals surface area contributed by atoms with Crippen LogP contribution in [0, 0.1) is 5.92 Å². The van der Waals surface area contributed by atoms with Crippen LogP contribution in [0.4, 0.5) is 0 Å². The molecule has 1 aromatic carbocycles. The van der Waals surface area contributed by atoms with E-state index in [2.05, 4.69) is 18.7 Å². The number of nitrogens with zero attached hydrogens (tertiary/aromatic N) is 1. The van der Waals surface area contributed by atoms with Gasteiger partial charge in [0.2, 0.25) is 0 Å². The molecule has 1 heterocycles. The first-order valence-corrected chi connectivity index (χ1v) is 6.99. The Morgan fingerprint density at radius 1 is 1.28 bits per heavy atom. The normalized spacial score (nSPS) is 25.0. The Morgan fingerprint density at radius 3 is 2.67 bits per heavy atom. The Labute approximate surface area is 110 Å². The number of ketones is 1. The minimum absolute atomic E-state index is 0.265. The lowest BCUT2D eigenvalue weighted by atomic mass is 9.93. The van der Waals surface area contributed by atoms with Crippen LogP contribution in [0.2, 0.25) is 0 Å². The minimum atomic E-state index is 0.265. The summed E-state index contributed by atoms with van der Waals surface area (Å²) in [6, 6.07) is 10.2. The molecule has 0 aromatic heterocycles. The highest BCUT2D eigenvalue weighted by molar-refractivity contribution is 5.96. The van der Waals surface area contributed by atoms with E-state index in [1.165, 1.54) is 12.8 Å². The van der Waals surface area contributed by atoms with Gasteiger partial charge in [-0.1, -0.05) is 37.3 Å². The molecular formula is C16H23NO. The number of carbonyl (C=O) groups is 1. The van der Waals surface area contributed by atoms with Crippen LogP contribution >= 0.6 is 0 Å². The van der Waals surface area contributed by atoms with Crippen molar-refractivity contribution in [2.24, 2.45) is 5.92 Å².